The number of carbonyl (C=O) groups is 1. The molecule has 2 heterocycles. The van der Waals surface area contributed by atoms with Crippen LogP contribution in [0.5, 0.6) is 0 Å². The highest BCUT2D eigenvalue weighted by Gasteiger charge is 2.26. The lowest BCUT2D eigenvalue weighted by molar-refractivity contribution is -0.119. The average molecular weight is 230 g/mol. The van der Waals surface area contributed by atoms with Gasteiger partial charge in [-0.1, -0.05) is 18.2 Å². The number of amides is 1. The number of hydrogen-bond donors (Lipinski definition) is 0. The van der Waals surface area contributed by atoms with Crippen molar-refractivity contribution in [1.29, 1.82) is 0 Å². The van der Waals surface area contributed by atoms with E-state index in [0.29, 0.717) is 6.54 Å². The Morgan fingerprint density at radius 1 is 1.12 bits per heavy atom. The van der Waals surface area contributed by atoms with E-state index in [1.807, 2.05) is 17.0 Å². The van der Waals surface area contributed by atoms with Crippen LogP contribution in [0.25, 0.3) is 0 Å². The fourth-order valence-corrected chi connectivity index (χ4v) is 2.81. The van der Waals surface area contributed by atoms with Crippen molar-refractivity contribution >= 4 is 11.6 Å². The van der Waals surface area contributed by atoms with Gasteiger partial charge in [0.1, 0.15) is 0 Å². The molecule has 17 heavy (non-hydrogen) atoms. The lowest BCUT2D eigenvalue weighted by Gasteiger charge is -2.21. The third-order valence-electron chi connectivity index (χ3n) is 3.75. The number of rotatable bonds is 2. The zero-order chi connectivity index (χ0) is 11.7. The van der Waals surface area contributed by atoms with Crippen molar-refractivity contribution < 1.29 is 4.79 Å². The Labute approximate surface area is 102 Å². The van der Waals surface area contributed by atoms with Crippen LogP contribution in [0.3, 0.4) is 0 Å². The second-order valence-corrected chi connectivity index (χ2v) is 4.91. The van der Waals surface area contributed by atoms with Crippen molar-refractivity contribution in [2.45, 2.75) is 19.3 Å². The van der Waals surface area contributed by atoms with Crippen molar-refractivity contribution in [2.75, 3.05) is 31.1 Å². The van der Waals surface area contributed by atoms with Gasteiger partial charge in [-0.3, -0.25) is 9.69 Å². The van der Waals surface area contributed by atoms with Crippen LogP contribution in [0, 0.1) is 0 Å². The van der Waals surface area contributed by atoms with Crippen LogP contribution >= 0.6 is 0 Å². The number of para-hydroxylation sites is 1. The highest BCUT2D eigenvalue weighted by Crippen LogP contribution is 2.27. The minimum Gasteiger partial charge on any atom is -0.311 e. The molecule has 0 atom stereocenters. The van der Waals surface area contributed by atoms with Gasteiger partial charge in [0.2, 0.25) is 5.91 Å². The smallest absolute Gasteiger partial charge is 0.241 e. The number of nitrogens with zero attached hydrogens (tertiary/aromatic N) is 2. The molecule has 3 heteroatoms. The summed E-state index contributed by atoms with van der Waals surface area (Å²) >= 11 is 0. The van der Waals surface area contributed by atoms with Crippen LogP contribution in [0.4, 0.5) is 5.69 Å². The van der Waals surface area contributed by atoms with E-state index in [1.54, 1.807) is 0 Å². The zero-order valence-electron chi connectivity index (χ0n) is 10.1. The van der Waals surface area contributed by atoms with Crippen molar-refractivity contribution in [2.24, 2.45) is 0 Å². The summed E-state index contributed by atoms with van der Waals surface area (Å²) in [7, 11) is 0. The number of hydrogen-bond acceptors (Lipinski definition) is 2. The topological polar surface area (TPSA) is 23.6 Å². The lowest BCUT2D eigenvalue weighted by atomic mass is 10.2. The molecule has 0 bridgehead atoms. The van der Waals surface area contributed by atoms with E-state index in [0.717, 1.165) is 31.7 Å². The predicted octanol–water partition coefficient (Wildman–Crippen LogP) is 1.67. The highest BCUT2D eigenvalue weighted by molar-refractivity contribution is 5.96. The van der Waals surface area contributed by atoms with Crippen LogP contribution in [0.15, 0.2) is 24.3 Å². The number of fused-ring (bicyclic) bond motifs is 1. The van der Waals surface area contributed by atoms with E-state index in [4.69, 9.17) is 0 Å². The maximum absolute atomic E-state index is 12.2. The minimum absolute atomic E-state index is 0.261. The molecule has 0 radical (unpaired) electrons. The Kier molecular flexibility index (Phi) is 2.85. The average Bonchev–Trinajstić information content (AvgIpc) is 2.96. The van der Waals surface area contributed by atoms with E-state index in [9.17, 15) is 4.79 Å². The second kappa shape index (κ2) is 4.49. The van der Waals surface area contributed by atoms with E-state index < -0.39 is 0 Å². The van der Waals surface area contributed by atoms with Gasteiger partial charge in [-0.2, -0.15) is 0 Å². The number of benzene rings is 1. The van der Waals surface area contributed by atoms with E-state index in [1.165, 1.54) is 18.4 Å². The summed E-state index contributed by atoms with van der Waals surface area (Å²) in [6.45, 7) is 3.61. The number of anilines is 1. The van der Waals surface area contributed by atoms with Crippen LogP contribution in [-0.4, -0.2) is 37.0 Å². The molecule has 3 rings (SSSR count). The highest BCUT2D eigenvalue weighted by atomic mass is 16.2. The molecule has 3 nitrogen and oxygen atoms in total. The van der Waals surface area contributed by atoms with Crippen molar-refractivity contribution in [3.8, 4) is 0 Å². The molecule has 0 aromatic heterocycles. The predicted molar refractivity (Wildman–Crippen MR) is 68.2 cm³/mol. The van der Waals surface area contributed by atoms with Crippen LogP contribution in [-0.2, 0) is 11.2 Å². The quantitative estimate of drug-likeness (QED) is 0.771. The van der Waals surface area contributed by atoms with Crippen LogP contribution < -0.4 is 4.90 Å². The molecule has 90 valence electrons. The first-order valence-corrected chi connectivity index (χ1v) is 6.45. The molecule has 1 saturated heterocycles. The first kappa shape index (κ1) is 10.8. The van der Waals surface area contributed by atoms with Crippen molar-refractivity contribution in [1.82, 2.24) is 4.90 Å². The van der Waals surface area contributed by atoms with Crippen LogP contribution in [0.1, 0.15) is 18.4 Å². The minimum atomic E-state index is 0.261. The Balaban J connectivity index is 1.71. The number of likely N-dealkylation sites (tertiary alicyclic amines) is 1. The molecular formula is C14H18N2O. The summed E-state index contributed by atoms with van der Waals surface area (Å²) in [4.78, 5) is 16.5. The van der Waals surface area contributed by atoms with Gasteiger partial charge in [0, 0.05) is 12.2 Å². The summed E-state index contributed by atoms with van der Waals surface area (Å²) in [5.74, 6) is 0.261. The third kappa shape index (κ3) is 2.07. The fraction of sp³-hybridized carbons (Fsp3) is 0.500. The standard InChI is InChI=1S/C14H18N2O/c17-14(11-15-8-3-4-9-15)16-10-7-12-5-1-2-6-13(12)16/h1-2,5-6H,3-4,7-11H2. The Morgan fingerprint density at radius 2 is 1.88 bits per heavy atom. The molecule has 0 aliphatic carbocycles. The van der Waals surface area contributed by atoms with Gasteiger partial charge in [0.05, 0.1) is 6.54 Å². The summed E-state index contributed by atoms with van der Waals surface area (Å²) < 4.78 is 0. The van der Waals surface area contributed by atoms with E-state index in [-0.39, 0.29) is 5.91 Å². The van der Waals surface area contributed by atoms with E-state index in [2.05, 4.69) is 17.0 Å². The summed E-state index contributed by atoms with van der Waals surface area (Å²) in [5.41, 5.74) is 2.43. The molecule has 2 aliphatic rings. The zero-order valence-corrected chi connectivity index (χ0v) is 10.1. The second-order valence-electron chi connectivity index (χ2n) is 4.91. The third-order valence-corrected chi connectivity index (χ3v) is 3.75. The molecule has 0 saturated carbocycles. The van der Waals surface area contributed by atoms with Crippen molar-refractivity contribution in [3.05, 3.63) is 29.8 Å². The van der Waals surface area contributed by atoms with Gasteiger partial charge < -0.3 is 4.90 Å². The van der Waals surface area contributed by atoms with Gasteiger partial charge in [-0.15, -0.1) is 0 Å². The molecule has 1 amide bonds. The molecule has 0 N–H and O–H groups in total. The summed E-state index contributed by atoms with van der Waals surface area (Å²) in [6, 6.07) is 8.25. The largest absolute Gasteiger partial charge is 0.311 e. The molecule has 2 aliphatic heterocycles. The molecule has 0 unspecified atom stereocenters. The molecule has 1 aromatic carbocycles. The first-order valence-electron chi connectivity index (χ1n) is 6.45. The molecule has 1 fully saturated rings. The van der Waals surface area contributed by atoms with E-state index >= 15 is 0 Å². The van der Waals surface area contributed by atoms with Gasteiger partial charge in [-0.25, -0.2) is 0 Å². The van der Waals surface area contributed by atoms with Gasteiger partial charge in [0.15, 0.2) is 0 Å². The lowest BCUT2D eigenvalue weighted by Crippen LogP contribution is -2.38. The SMILES string of the molecule is O=C(CN1CCCC1)N1CCc2ccccc21. The monoisotopic (exact) mass is 230 g/mol. The summed E-state index contributed by atoms with van der Waals surface area (Å²) in [6.07, 6.45) is 3.48. The Hall–Kier alpha value is -1.35. The maximum atomic E-state index is 12.2. The maximum Gasteiger partial charge on any atom is 0.241 e. The van der Waals surface area contributed by atoms with Gasteiger partial charge in [-0.05, 0) is 44.0 Å². The fourth-order valence-electron chi connectivity index (χ4n) is 2.81. The van der Waals surface area contributed by atoms with Gasteiger partial charge in [0.25, 0.3) is 0 Å². The molecule has 0 spiro atoms. The first-order chi connectivity index (χ1) is 8.34. The summed E-state index contributed by atoms with van der Waals surface area (Å²) in [5, 5.41) is 0. The Morgan fingerprint density at radius 3 is 2.71 bits per heavy atom. The van der Waals surface area contributed by atoms with Crippen LogP contribution in [0.2, 0.25) is 0 Å². The normalized spacial score (nSPS) is 19.6. The van der Waals surface area contributed by atoms with Gasteiger partial charge >= 0.3 is 0 Å². The molecule has 1 aromatic rings. The van der Waals surface area contributed by atoms with Crippen molar-refractivity contribution in [3.63, 3.8) is 0 Å². The molecular weight excluding hydrogens is 212 g/mol. The Bertz CT molecular complexity index is 424. The number of carbonyl (C=O) groups excluding carboxylic acids is 1.